The zero-order valence-corrected chi connectivity index (χ0v) is 17.2. The van der Waals surface area contributed by atoms with Gasteiger partial charge in [0.15, 0.2) is 5.76 Å². The Balaban J connectivity index is 1.62. The molecule has 0 bridgehead atoms. The number of primary amides is 1. The summed E-state index contributed by atoms with van der Waals surface area (Å²) in [7, 11) is -3.88. The van der Waals surface area contributed by atoms with Crippen molar-refractivity contribution in [1.82, 2.24) is 4.31 Å². The number of sulfonamides is 1. The molecule has 0 radical (unpaired) electrons. The Kier molecular flexibility index (Phi) is 5.54. The van der Waals surface area contributed by atoms with Gasteiger partial charge in [-0.25, -0.2) is 12.8 Å². The molecule has 0 atom stereocenters. The van der Waals surface area contributed by atoms with Crippen molar-refractivity contribution in [2.75, 3.05) is 18.4 Å². The number of carbonyl (C=O) groups is 2. The van der Waals surface area contributed by atoms with Crippen LogP contribution < -0.4 is 11.1 Å². The number of halogens is 1. The Morgan fingerprint density at radius 2 is 1.74 bits per heavy atom. The molecule has 4 rings (SSSR count). The highest BCUT2D eigenvalue weighted by Crippen LogP contribution is 2.32. The van der Waals surface area contributed by atoms with Crippen LogP contribution in [0.3, 0.4) is 0 Å². The minimum Gasteiger partial charge on any atom is -0.449 e. The lowest BCUT2D eigenvalue weighted by molar-refractivity contribution is 0.0977. The maximum atomic E-state index is 13.7. The second kappa shape index (κ2) is 8.16. The van der Waals surface area contributed by atoms with Crippen LogP contribution in [0.1, 0.15) is 46.8 Å². The Labute approximate surface area is 177 Å². The lowest BCUT2D eigenvalue weighted by Crippen LogP contribution is -2.31. The first-order valence-corrected chi connectivity index (χ1v) is 11.1. The largest absolute Gasteiger partial charge is 0.449 e. The number of furan rings is 2. The first kappa shape index (κ1) is 21.1. The number of fused-ring (bicyclic) bond motifs is 1. The molecule has 0 aliphatic carbocycles. The SMILES string of the molecule is NC(=O)c1oc2ccc(F)cc2c1NC(=O)c1ccc(S(=O)(=O)N2CCCCCC2)o1. The van der Waals surface area contributed by atoms with Crippen LogP contribution >= 0.6 is 0 Å². The van der Waals surface area contributed by atoms with Crippen LogP contribution in [0.15, 0.2) is 44.3 Å². The van der Waals surface area contributed by atoms with E-state index in [1.165, 1.54) is 22.5 Å². The first-order chi connectivity index (χ1) is 14.8. The van der Waals surface area contributed by atoms with Crippen molar-refractivity contribution in [3.63, 3.8) is 0 Å². The van der Waals surface area contributed by atoms with E-state index in [1.54, 1.807) is 0 Å². The van der Waals surface area contributed by atoms with E-state index in [0.717, 1.165) is 37.8 Å². The predicted molar refractivity (Wildman–Crippen MR) is 109 cm³/mol. The summed E-state index contributed by atoms with van der Waals surface area (Å²) in [6, 6.07) is 5.93. The second-order valence-electron chi connectivity index (χ2n) is 7.20. The van der Waals surface area contributed by atoms with Gasteiger partial charge in [-0.05, 0) is 43.2 Å². The fourth-order valence-corrected chi connectivity index (χ4v) is 4.96. The smallest absolute Gasteiger partial charge is 0.291 e. The van der Waals surface area contributed by atoms with Gasteiger partial charge < -0.3 is 19.9 Å². The Hall–Kier alpha value is -3.18. The number of nitrogens with one attached hydrogen (secondary N) is 1. The molecule has 3 N–H and O–H groups in total. The normalized spacial score (nSPS) is 15.6. The number of carbonyl (C=O) groups excluding carboxylic acids is 2. The minimum absolute atomic E-state index is 0.125. The standard InChI is InChI=1S/C20H20FN3O6S/c21-12-5-6-14-13(11-12)17(18(30-14)19(22)25)23-20(26)15-7-8-16(29-15)31(27,28)24-9-3-1-2-4-10-24/h5-8,11H,1-4,9-10H2,(H2,22,25)(H,23,26). The van der Waals surface area contributed by atoms with Crippen molar-refractivity contribution in [2.45, 2.75) is 30.8 Å². The molecule has 164 valence electrons. The van der Waals surface area contributed by atoms with E-state index < -0.39 is 27.7 Å². The molecule has 9 nitrogen and oxygen atoms in total. The molecule has 1 saturated heterocycles. The molecule has 0 saturated carbocycles. The molecule has 2 aromatic heterocycles. The van der Waals surface area contributed by atoms with Gasteiger partial charge in [0, 0.05) is 18.5 Å². The number of nitrogens with two attached hydrogens (primary N) is 1. The number of rotatable bonds is 5. The van der Waals surface area contributed by atoms with Gasteiger partial charge in [-0.2, -0.15) is 4.31 Å². The zero-order chi connectivity index (χ0) is 22.2. The number of hydrogen-bond donors (Lipinski definition) is 2. The maximum Gasteiger partial charge on any atom is 0.291 e. The topological polar surface area (TPSA) is 136 Å². The van der Waals surface area contributed by atoms with Crippen molar-refractivity contribution in [1.29, 1.82) is 0 Å². The summed E-state index contributed by atoms with van der Waals surface area (Å²) < 4.78 is 51.3. The average molecular weight is 449 g/mol. The van der Waals surface area contributed by atoms with Gasteiger partial charge in [-0.3, -0.25) is 9.59 Å². The Morgan fingerprint density at radius 1 is 1.03 bits per heavy atom. The van der Waals surface area contributed by atoms with Crippen LogP contribution in [0.5, 0.6) is 0 Å². The van der Waals surface area contributed by atoms with Crippen molar-refractivity contribution >= 4 is 38.5 Å². The molecular weight excluding hydrogens is 429 g/mol. The summed E-state index contributed by atoms with van der Waals surface area (Å²) in [6.07, 6.45) is 3.43. The van der Waals surface area contributed by atoms with Crippen molar-refractivity contribution in [2.24, 2.45) is 5.73 Å². The first-order valence-electron chi connectivity index (χ1n) is 9.70. The van der Waals surface area contributed by atoms with Crippen LogP contribution in [0.25, 0.3) is 11.0 Å². The highest BCUT2D eigenvalue weighted by molar-refractivity contribution is 7.89. The summed E-state index contributed by atoms with van der Waals surface area (Å²) >= 11 is 0. The zero-order valence-electron chi connectivity index (χ0n) is 16.4. The number of hydrogen-bond acceptors (Lipinski definition) is 6. The van der Waals surface area contributed by atoms with Gasteiger partial charge in [0.25, 0.3) is 21.8 Å². The molecule has 2 amide bonds. The molecule has 1 aliphatic heterocycles. The molecule has 11 heteroatoms. The van der Waals surface area contributed by atoms with Gasteiger partial charge in [-0.1, -0.05) is 12.8 Å². The minimum atomic E-state index is -3.88. The van der Waals surface area contributed by atoms with E-state index in [1.807, 2.05) is 0 Å². The molecule has 1 aliphatic rings. The van der Waals surface area contributed by atoms with Gasteiger partial charge in [-0.15, -0.1) is 0 Å². The van der Waals surface area contributed by atoms with Crippen LogP contribution in [-0.4, -0.2) is 37.6 Å². The molecule has 0 spiro atoms. The molecule has 31 heavy (non-hydrogen) atoms. The third-order valence-corrected chi connectivity index (χ3v) is 6.85. The van der Waals surface area contributed by atoms with Crippen molar-refractivity contribution in [3.8, 4) is 0 Å². The summed E-state index contributed by atoms with van der Waals surface area (Å²) in [4.78, 5) is 24.4. The van der Waals surface area contributed by atoms with E-state index in [2.05, 4.69) is 5.32 Å². The molecule has 0 unspecified atom stereocenters. The lowest BCUT2D eigenvalue weighted by Gasteiger charge is -2.17. The average Bonchev–Trinajstić information content (AvgIpc) is 3.25. The molecular formula is C20H20FN3O6S. The van der Waals surface area contributed by atoms with Gasteiger partial charge >= 0.3 is 0 Å². The summed E-state index contributed by atoms with van der Waals surface area (Å²) in [5.41, 5.74) is 5.32. The van der Waals surface area contributed by atoms with Gasteiger partial charge in [0.1, 0.15) is 17.1 Å². The Morgan fingerprint density at radius 3 is 2.42 bits per heavy atom. The van der Waals surface area contributed by atoms with E-state index in [-0.39, 0.29) is 33.3 Å². The van der Waals surface area contributed by atoms with Crippen LogP contribution in [0.4, 0.5) is 10.1 Å². The molecule has 1 aromatic carbocycles. The summed E-state index contributed by atoms with van der Waals surface area (Å²) in [5, 5.41) is 2.19. The second-order valence-corrected chi connectivity index (χ2v) is 9.07. The highest BCUT2D eigenvalue weighted by Gasteiger charge is 2.30. The van der Waals surface area contributed by atoms with Crippen molar-refractivity contribution in [3.05, 3.63) is 47.7 Å². The summed E-state index contributed by atoms with van der Waals surface area (Å²) in [5.74, 6) is -3.07. The van der Waals surface area contributed by atoms with Crippen LogP contribution in [0.2, 0.25) is 0 Å². The van der Waals surface area contributed by atoms with E-state index in [0.29, 0.717) is 13.1 Å². The fraction of sp³-hybridized carbons (Fsp3) is 0.300. The van der Waals surface area contributed by atoms with Crippen LogP contribution in [0, 0.1) is 5.82 Å². The van der Waals surface area contributed by atoms with E-state index >= 15 is 0 Å². The van der Waals surface area contributed by atoms with Gasteiger partial charge in [0.05, 0.1) is 0 Å². The fourth-order valence-electron chi connectivity index (χ4n) is 3.53. The van der Waals surface area contributed by atoms with Crippen molar-refractivity contribution < 1.29 is 31.2 Å². The number of nitrogens with zero attached hydrogens (tertiary/aromatic N) is 1. The number of anilines is 1. The van der Waals surface area contributed by atoms with E-state index in [4.69, 9.17) is 14.6 Å². The third-order valence-electron chi connectivity index (χ3n) is 5.08. The molecule has 1 fully saturated rings. The third kappa shape index (κ3) is 4.06. The highest BCUT2D eigenvalue weighted by atomic mass is 32.2. The Bertz CT molecular complexity index is 1260. The number of amides is 2. The molecule has 3 aromatic rings. The molecule has 3 heterocycles. The maximum absolute atomic E-state index is 13.7. The summed E-state index contributed by atoms with van der Waals surface area (Å²) in [6.45, 7) is 0.776. The van der Waals surface area contributed by atoms with Gasteiger partial charge in [0.2, 0.25) is 10.9 Å². The number of benzene rings is 1. The lowest BCUT2D eigenvalue weighted by atomic mass is 10.2. The predicted octanol–water partition coefficient (Wildman–Crippen LogP) is 3.08. The monoisotopic (exact) mass is 449 g/mol. The van der Waals surface area contributed by atoms with Crippen LogP contribution in [-0.2, 0) is 10.0 Å². The quantitative estimate of drug-likeness (QED) is 0.614. The van der Waals surface area contributed by atoms with E-state index in [9.17, 15) is 22.4 Å².